The van der Waals surface area contributed by atoms with E-state index < -0.39 is 16.6 Å². The molecule has 4 aromatic carbocycles. The van der Waals surface area contributed by atoms with Crippen LogP contribution in [0.2, 0.25) is 0 Å². The summed E-state index contributed by atoms with van der Waals surface area (Å²) in [6, 6.07) is 32.0. The molecule has 4 heteroatoms. The Morgan fingerprint density at radius 3 is 1.86 bits per heavy atom. The molecule has 1 radical (unpaired) electrons. The third-order valence-corrected chi connectivity index (χ3v) is 7.84. The lowest BCUT2D eigenvalue weighted by Gasteiger charge is -2.40. The molecule has 0 aromatic heterocycles. The molecule has 1 aliphatic carbocycles. The summed E-state index contributed by atoms with van der Waals surface area (Å²) in [6.45, 7) is 7.28. The summed E-state index contributed by atoms with van der Waals surface area (Å²) in [4.78, 5) is 0. The molecule has 4 aromatic rings. The normalized spacial score (nSPS) is 15.0. The van der Waals surface area contributed by atoms with Gasteiger partial charge in [-0.1, -0.05) is 78.9 Å². The quantitative estimate of drug-likeness (QED) is 0.331. The van der Waals surface area contributed by atoms with E-state index >= 15 is 0 Å². The largest absolute Gasteiger partial charge is 0.457 e. The van der Waals surface area contributed by atoms with Crippen LogP contribution in [0, 0.1) is 0 Å². The minimum atomic E-state index is -0.992. The van der Waals surface area contributed by atoms with Gasteiger partial charge < -0.3 is 14.5 Å². The lowest BCUT2D eigenvalue weighted by Crippen LogP contribution is -2.49. The van der Waals surface area contributed by atoms with Gasteiger partial charge >= 0.3 is 7.48 Å². The number of para-hydroxylation sites is 1. The molecule has 0 amide bonds. The molecule has 2 aliphatic rings. The van der Waals surface area contributed by atoms with Gasteiger partial charge in [-0.2, -0.15) is 0 Å². The summed E-state index contributed by atoms with van der Waals surface area (Å²) in [5.74, 6) is 1.68. The molecule has 3 nitrogen and oxygen atoms in total. The van der Waals surface area contributed by atoms with Crippen molar-refractivity contribution in [2.24, 2.45) is 0 Å². The molecule has 0 unspecified atom stereocenters. The third-order valence-electron chi connectivity index (χ3n) is 7.84. The summed E-state index contributed by atoms with van der Waals surface area (Å²) in [7, 11) is 1.71. The fraction of sp³-hybridized carbons (Fsp3) is 0.226. The second-order valence-corrected chi connectivity index (χ2v) is 10.5. The zero-order valence-corrected chi connectivity index (χ0v) is 20.5. The van der Waals surface area contributed by atoms with Crippen LogP contribution in [0.3, 0.4) is 0 Å². The van der Waals surface area contributed by atoms with Crippen molar-refractivity contribution in [2.75, 3.05) is 0 Å². The number of hydrogen-bond acceptors (Lipinski definition) is 3. The molecule has 35 heavy (non-hydrogen) atoms. The highest BCUT2D eigenvalue weighted by molar-refractivity contribution is 6.47. The highest BCUT2D eigenvalue weighted by atomic mass is 16.5. The molecule has 1 aliphatic heterocycles. The van der Waals surface area contributed by atoms with Crippen LogP contribution in [0.4, 0.5) is 0 Å². The Morgan fingerprint density at radius 2 is 1.23 bits per heavy atom. The fourth-order valence-corrected chi connectivity index (χ4v) is 5.31. The Kier molecular flexibility index (Phi) is 4.80. The second kappa shape index (κ2) is 7.58. The Morgan fingerprint density at radius 1 is 0.686 bits per heavy atom. The van der Waals surface area contributed by atoms with Gasteiger partial charge in [-0.05, 0) is 67.5 Å². The van der Waals surface area contributed by atoms with Crippen molar-refractivity contribution in [3.05, 3.63) is 113 Å². The molecule has 173 valence electrons. The van der Waals surface area contributed by atoms with E-state index in [1.54, 1.807) is 21.3 Å². The third kappa shape index (κ3) is 3.13. The van der Waals surface area contributed by atoms with E-state index in [0.717, 1.165) is 28.1 Å². The minimum Gasteiger partial charge on any atom is -0.457 e. The van der Waals surface area contributed by atoms with Crippen LogP contribution in [-0.4, -0.2) is 23.8 Å². The molecule has 1 spiro atoms. The average Bonchev–Trinajstić information content (AvgIpc) is 3.13. The van der Waals surface area contributed by atoms with Crippen LogP contribution in [0.1, 0.15) is 49.9 Å². The van der Waals surface area contributed by atoms with Gasteiger partial charge in [0.05, 0.1) is 16.6 Å². The summed E-state index contributed by atoms with van der Waals surface area (Å²) in [6.07, 6.45) is 0. The van der Waals surface area contributed by atoms with Crippen LogP contribution in [0.15, 0.2) is 91.0 Å². The first-order valence-corrected chi connectivity index (χ1v) is 12.1. The first-order chi connectivity index (χ1) is 16.7. The van der Waals surface area contributed by atoms with Gasteiger partial charge in [0, 0.05) is 11.1 Å². The molecular formula is C31H28BO3. The van der Waals surface area contributed by atoms with Crippen molar-refractivity contribution in [3.63, 3.8) is 0 Å². The molecule has 1 N–H and O–H groups in total. The van der Waals surface area contributed by atoms with Crippen molar-refractivity contribution >= 4 is 12.9 Å². The first-order valence-electron chi connectivity index (χ1n) is 12.1. The van der Waals surface area contributed by atoms with Gasteiger partial charge in [0.15, 0.2) is 0 Å². The highest BCUT2D eigenvalue weighted by Crippen LogP contribution is 2.61. The van der Waals surface area contributed by atoms with E-state index in [2.05, 4.69) is 72.8 Å². The van der Waals surface area contributed by atoms with Crippen LogP contribution >= 0.6 is 0 Å². The number of aliphatic hydroxyl groups is 1. The van der Waals surface area contributed by atoms with Gasteiger partial charge in [-0.3, -0.25) is 0 Å². The maximum absolute atomic E-state index is 10.5. The lowest BCUT2D eigenvalue weighted by molar-refractivity contribution is -0.0893. The lowest BCUT2D eigenvalue weighted by atomic mass is 9.65. The first kappa shape index (κ1) is 22.1. The fourth-order valence-electron chi connectivity index (χ4n) is 5.31. The Bertz CT molecular complexity index is 1400. The summed E-state index contributed by atoms with van der Waals surface area (Å²) in [5, 5.41) is 10.5. The number of hydrogen-bond donors (Lipinski definition) is 1. The topological polar surface area (TPSA) is 38.7 Å². The average molecular weight is 459 g/mol. The molecule has 0 saturated heterocycles. The zero-order chi connectivity index (χ0) is 24.4. The second-order valence-electron chi connectivity index (χ2n) is 10.5. The van der Waals surface area contributed by atoms with Gasteiger partial charge in [-0.25, -0.2) is 0 Å². The summed E-state index contributed by atoms with van der Waals surface area (Å²) < 4.78 is 12.5. The molecule has 1 heterocycles. The maximum Gasteiger partial charge on any atom is 0.331 e. The van der Waals surface area contributed by atoms with Crippen molar-refractivity contribution in [1.82, 2.24) is 0 Å². The summed E-state index contributed by atoms with van der Waals surface area (Å²) >= 11 is 0. The number of benzene rings is 4. The molecule has 0 bridgehead atoms. The molecule has 0 atom stereocenters. The Balaban J connectivity index is 1.54. The van der Waals surface area contributed by atoms with Crippen LogP contribution < -0.4 is 10.2 Å². The van der Waals surface area contributed by atoms with Crippen molar-refractivity contribution < 1.29 is 14.5 Å². The molecule has 0 fully saturated rings. The molecular weight excluding hydrogens is 431 g/mol. The minimum absolute atomic E-state index is 0.455. The summed E-state index contributed by atoms with van der Waals surface area (Å²) in [5.41, 5.74) is 6.03. The van der Waals surface area contributed by atoms with E-state index in [-0.39, 0.29) is 0 Å². The molecule has 6 rings (SSSR count). The van der Waals surface area contributed by atoms with Crippen molar-refractivity contribution in [3.8, 4) is 22.6 Å². The van der Waals surface area contributed by atoms with Gasteiger partial charge in [0.25, 0.3) is 0 Å². The van der Waals surface area contributed by atoms with Crippen LogP contribution in [0.25, 0.3) is 11.1 Å². The predicted molar refractivity (Wildman–Crippen MR) is 141 cm³/mol. The van der Waals surface area contributed by atoms with Gasteiger partial charge in [0.2, 0.25) is 0 Å². The zero-order valence-electron chi connectivity index (χ0n) is 20.5. The maximum atomic E-state index is 10.5. The number of fused-ring (bicyclic) bond motifs is 9. The van der Waals surface area contributed by atoms with Crippen molar-refractivity contribution in [1.29, 1.82) is 0 Å². The monoisotopic (exact) mass is 459 g/mol. The molecule has 0 saturated carbocycles. The van der Waals surface area contributed by atoms with Gasteiger partial charge in [0.1, 0.15) is 11.5 Å². The predicted octanol–water partition coefficient (Wildman–Crippen LogP) is 5.97. The van der Waals surface area contributed by atoms with Gasteiger partial charge in [-0.15, -0.1) is 0 Å². The smallest absolute Gasteiger partial charge is 0.331 e. The number of ether oxygens (including phenoxy) is 1. The van der Waals surface area contributed by atoms with Crippen molar-refractivity contribution in [2.45, 2.75) is 44.3 Å². The highest BCUT2D eigenvalue weighted by Gasteiger charge is 2.50. The Labute approximate surface area is 207 Å². The van der Waals surface area contributed by atoms with Crippen LogP contribution in [0.5, 0.6) is 11.5 Å². The SMILES string of the molecule is CC(C)(O)C(C)(C)O[B]c1ccc2c(c1)Oc1ccccc1C21c2ccccc2-c2ccccc21. The van der Waals surface area contributed by atoms with E-state index in [9.17, 15) is 5.11 Å². The van der Waals surface area contributed by atoms with E-state index in [0.29, 0.717) is 0 Å². The van der Waals surface area contributed by atoms with E-state index in [4.69, 9.17) is 9.39 Å². The van der Waals surface area contributed by atoms with E-state index in [1.807, 2.05) is 32.0 Å². The standard InChI is InChI=1S/C31H28BO3/c1-29(2,33)30(3,4)35-32-20-17-18-26-28(19-20)34-27-16-10-9-15-25(27)31(26)23-13-7-5-11-21(23)22-12-6-8-14-24(22)31/h5-19,33H,1-4H3. The number of rotatable bonds is 4. The Hall–Kier alpha value is -3.34. The van der Waals surface area contributed by atoms with E-state index in [1.165, 1.54) is 22.3 Å². The van der Waals surface area contributed by atoms with Crippen LogP contribution in [-0.2, 0) is 10.1 Å².